The zero-order valence-corrected chi connectivity index (χ0v) is 16.5. The van der Waals surface area contributed by atoms with Gasteiger partial charge in [-0.25, -0.2) is 9.97 Å². The van der Waals surface area contributed by atoms with Crippen molar-refractivity contribution >= 4 is 5.95 Å². The van der Waals surface area contributed by atoms with Crippen LogP contribution in [0.2, 0.25) is 0 Å². The lowest BCUT2D eigenvalue weighted by Crippen LogP contribution is -2.60. The van der Waals surface area contributed by atoms with E-state index in [1.807, 2.05) is 6.20 Å². The summed E-state index contributed by atoms with van der Waals surface area (Å²) in [5, 5.41) is 0. The molecule has 0 aromatic carbocycles. The third-order valence-corrected chi connectivity index (χ3v) is 5.80. The maximum atomic E-state index is 4.95. The van der Waals surface area contributed by atoms with E-state index >= 15 is 0 Å². The van der Waals surface area contributed by atoms with Gasteiger partial charge in [0.15, 0.2) is 0 Å². The fraction of sp³-hybridized carbons (Fsp3) is 0.810. The maximum Gasteiger partial charge on any atom is 0.226 e. The van der Waals surface area contributed by atoms with E-state index in [2.05, 4.69) is 41.7 Å². The van der Waals surface area contributed by atoms with E-state index in [0.29, 0.717) is 12.1 Å². The molecule has 3 rings (SSSR count). The Morgan fingerprint density at radius 3 is 2.52 bits per heavy atom. The molecule has 4 heteroatoms. The fourth-order valence-electron chi connectivity index (χ4n) is 4.51. The molecule has 140 valence electrons. The molecular weight excluding hydrogens is 308 g/mol. The summed E-state index contributed by atoms with van der Waals surface area (Å²) in [5.74, 6) is 1.83. The molecule has 3 heterocycles. The zero-order valence-electron chi connectivity index (χ0n) is 16.5. The van der Waals surface area contributed by atoms with Gasteiger partial charge in [-0.3, -0.25) is 0 Å². The Balaban J connectivity index is 1.53. The number of aromatic nitrogens is 2. The SMILES string of the molecule is CC(C)CCCCCCc1ccnc(N2C3CCCC2CN(C)C3)n1. The molecule has 2 aliphatic heterocycles. The molecule has 2 atom stereocenters. The van der Waals surface area contributed by atoms with Crippen LogP contribution in [-0.4, -0.2) is 47.1 Å². The topological polar surface area (TPSA) is 32.3 Å². The van der Waals surface area contributed by atoms with Crippen LogP contribution in [0.3, 0.4) is 0 Å². The Kier molecular flexibility index (Phi) is 6.69. The zero-order chi connectivity index (χ0) is 17.6. The summed E-state index contributed by atoms with van der Waals surface area (Å²) in [5.41, 5.74) is 1.23. The first-order valence-electron chi connectivity index (χ1n) is 10.4. The lowest BCUT2D eigenvalue weighted by Gasteiger charge is -2.49. The number of aryl methyl sites for hydroxylation is 1. The molecular formula is C21H36N4. The van der Waals surface area contributed by atoms with E-state index in [1.165, 1.54) is 57.1 Å². The minimum atomic E-state index is 0.601. The molecule has 0 radical (unpaired) electrons. The molecule has 4 nitrogen and oxygen atoms in total. The first-order valence-corrected chi connectivity index (χ1v) is 10.4. The highest BCUT2D eigenvalue weighted by Crippen LogP contribution is 2.31. The number of anilines is 1. The molecule has 0 amide bonds. The smallest absolute Gasteiger partial charge is 0.226 e. The van der Waals surface area contributed by atoms with Crippen molar-refractivity contribution in [3.8, 4) is 0 Å². The molecule has 25 heavy (non-hydrogen) atoms. The van der Waals surface area contributed by atoms with Gasteiger partial charge < -0.3 is 9.80 Å². The fourth-order valence-corrected chi connectivity index (χ4v) is 4.51. The molecule has 1 aromatic heterocycles. The molecule has 2 saturated heterocycles. The van der Waals surface area contributed by atoms with Gasteiger partial charge in [-0.15, -0.1) is 0 Å². The van der Waals surface area contributed by atoms with Gasteiger partial charge in [0.1, 0.15) is 0 Å². The Morgan fingerprint density at radius 1 is 1.08 bits per heavy atom. The van der Waals surface area contributed by atoms with Crippen molar-refractivity contribution in [2.75, 3.05) is 25.0 Å². The Morgan fingerprint density at radius 2 is 1.80 bits per heavy atom. The molecule has 0 saturated carbocycles. The van der Waals surface area contributed by atoms with E-state index in [1.54, 1.807) is 0 Å². The van der Waals surface area contributed by atoms with Crippen LogP contribution in [-0.2, 0) is 6.42 Å². The number of likely N-dealkylation sites (N-methyl/N-ethyl adjacent to an activating group) is 1. The number of rotatable bonds is 8. The highest BCUT2D eigenvalue weighted by molar-refractivity contribution is 5.36. The van der Waals surface area contributed by atoms with Crippen molar-refractivity contribution in [3.63, 3.8) is 0 Å². The van der Waals surface area contributed by atoms with Gasteiger partial charge >= 0.3 is 0 Å². The van der Waals surface area contributed by atoms with Crippen LogP contribution >= 0.6 is 0 Å². The highest BCUT2D eigenvalue weighted by Gasteiger charge is 2.37. The van der Waals surface area contributed by atoms with E-state index in [4.69, 9.17) is 4.98 Å². The monoisotopic (exact) mass is 344 g/mol. The summed E-state index contributed by atoms with van der Waals surface area (Å²) >= 11 is 0. The molecule has 2 unspecified atom stereocenters. The van der Waals surface area contributed by atoms with Crippen molar-refractivity contribution < 1.29 is 0 Å². The predicted molar refractivity (Wildman–Crippen MR) is 105 cm³/mol. The van der Waals surface area contributed by atoms with E-state index in [0.717, 1.165) is 31.4 Å². The van der Waals surface area contributed by atoms with Crippen LogP contribution in [0.25, 0.3) is 0 Å². The Bertz CT molecular complexity index is 516. The molecule has 2 fully saturated rings. The summed E-state index contributed by atoms with van der Waals surface area (Å²) in [7, 11) is 2.25. The number of nitrogens with zero attached hydrogens (tertiary/aromatic N) is 4. The summed E-state index contributed by atoms with van der Waals surface area (Å²) in [4.78, 5) is 14.6. The minimum Gasteiger partial charge on any atom is -0.332 e. The second kappa shape index (κ2) is 8.98. The van der Waals surface area contributed by atoms with Crippen molar-refractivity contribution in [2.45, 2.75) is 83.7 Å². The molecule has 1 aromatic rings. The standard InChI is InChI=1S/C21H36N4/c1-17(2)9-6-4-5-7-10-18-13-14-22-21(23-18)25-19-11-8-12-20(25)16-24(3)15-19/h13-14,17,19-20H,4-12,15-16H2,1-3H3. The molecule has 2 aliphatic rings. The summed E-state index contributed by atoms with van der Waals surface area (Å²) < 4.78 is 0. The highest BCUT2D eigenvalue weighted by atomic mass is 15.4. The average Bonchev–Trinajstić information content (AvgIpc) is 2.57. The predicted octanol–water partition coefficient (Wildman–Crippen LogP) is 4.30. The van der Waals surface area contributed by atoms with Crippen molar-refractivity contribution in [2.24, 2.45) is 5.92 Å². The van der Waals surface area contributed by atoms with Gasteiger partial charge in [0.2, 0.25) is 5.95 Å². The third-order valence-electron chi connectivity index (χ3n) is 5.80. The van der Waals surface area contributed by atoms with Gasteiger partial charge in [0.05, 0.1) is 0 Å². The number of fused-ring (bicyclic) bond motifs is 2. The van der Waals surface area contributed by atoms with Gasteiger partial charge in [-0.1, -0.05) is 39.5 Å². The summed E-state index contributed by atoms with van der Waals surface area (Å²) in [6.07, 6.45) is 13.7. The van der Waals surface area contributed by atoms with Gasteiger partial charge in [0, 0.05) is 37.1 Å². The van der Waals surface area contributed by atoms with Gasteiger partial charge in [-0.2, -0.15) is 0 Å². The molecule has 0 aliphatic carbocycles. The van der Waals surface area contributed by atoms with Gasteiger partial charge in [-0.05, 0) is 51.1 Å². The Hall–Kier alpha value is -1.16. The van der Waals surface area contributed by atoms with E-state index < -0.39 is 0 Å². The van der Waals surface area contributed by atoms with Crippen molar-refractivity contribution in [1.82, 2.24) is 14.9 Å². The quantitative estimate of drug-likeness (QED) is 0.658. The second-order valence-electron chi connectivity index (χ2n) is 8.56. The largest absolute Gasteiger partial charge is 0.332 e. The lowest BCUT2D eigenvalue weighted by molar-refractivity contribution is 0.182. The van der Waals surface area contributed by atoms with Crippen LogP contribution < -0.4 is 4.90 Å². The third kappa shape index (κ3) is 5.16. The number of unbranched alkanes of at least 4 members (excludes halogenated alkanes) is 3. The molecule has 0 spiro atoms. The summed E-state index contributed by atoms with van der Waals surface area (Å²) in [6.45, 7) is 6.94. The lowest BCUT2D eigenvalue weighted by atomic mass is 9.92. The number of likely N-dealkylation sites (tertiary alicyclic amines) is 1. The van der Waals surface area contributed by atoms with Gasteiger partial charge in [0.25, 0.3) is 0 Å². The van der Waals surface area contributed by atoms with Crippen molar-refractivity contribution in [3.05, 3.63) is 18.0 Å². The number of hydrogen-bond acceptors (Lipinski definition) is 4. The Labute approximate surface area is 154 Å². The van der Waals surface area contributed by atoms with Crippen LogP contribution in [0.4, 0.5) is 5.95 Å². The van der Waals surface area contributed by atoms with E-state index in [9.17, 15) is 0 Å². The van der Waals surface area contributed by atoms with Crippen LogP contribution in [0.15, 0.2) is 12.3 Å². The molecule has 2 bridgehead atoms. The van der Waals surface area contributed by atoms with Crippen LogP contribution in [0.1, 0.15) is 70.9 Å². The maximum absolute atomic E-state index is 4.95. The summed E-state index contributed by atoms with van der Waals surface area (Å²) in [6, 6.07) is 3.32. The van der Waals surface area contributed by atoms with Crippen LogP contribution in [0.5, 0.6) is 0 Å². The molecule has 0 N–H and O–H groups in total. The second-order valence-corrected chi connectivity index (χ2v) is 8.56. The van der Waals surface area contributed by atoms with Crippen molar-refractivity contribution in [1.29, 1.82) is 0 Å². The first kappa shape index (κ1) is 18.6. The number of piperazine rings is 1. The average molecular weight is 345 g/mol. The first-order chi connectivity index (χ1) is 12.1. The number of piperidine rings is 1. The van der Waals surface area contributed by atoms with Crippen LogP contribution in [0, 0.1) is 5.92 Å². The van der Waals surface area contributed by atoms with E-state index in [-0.39, 0.29) is 0 Å². The minimum absolute atomic E-state index is 0.601. The number of hydrogen-bond donors (Lipinski definition) is 0. The normalized spacial score (nSPS) is 24.1.